The molecule has 2 atom stereocenters. The maximum Gasteiger partial charge on any atom is 0.306 e. The van der Waals surface area contributed by atoms with Crippen molar-refractivity contribution in [1.82, 2.24) is 0 Å². The van der Waals surface area contributed by atoms with E-state index < -0.39 is 32.5 Å². The van der Waals surface area contributed by atoms with Gasteiger partial charge in [0, 0.05) is 12.8 Å². The van der Waals surface area contributed by atoms with Gasteiger partial charge >= 0.3 is 11.9 Å². The lowest BCUT2D eigenvalue weighted by molar-refractivity contribution is -0.870. The molecule has 0 spiro atoms. The number of carbonyl (C=O) groups excluding carboxylic acids is 2. The molecular weight excluding hydrogens is 641 g/mol. The number of phosphoric ester groups is 1. The van der Waals surface area contributed by atoms with Crippen LogP contribution in [0.15, 0.2) is 36.5 Å². The number of ether oxygens (including phenoxy) is 2. The molecule has 0 rings (SSSR count). The quantitative estimate of drug-likeness (QED) is 0.0213. The average molecular weight is 714 g/mol. The summed E-state index contributed by atoms with van der Waals surface area (Å²) in [7, 11) is 1.14. The third kappa shape index (κ3) is 35.8. The summed E-state index contributed by atoms with van der Waals surface area (Å²) in [4.78, 5) is 37.2. The molecule has 0 aliphatic heterocycles. The molecule has 0 aliphatic carbocycles. The Morgan fingerprint density at radius 1 is 0.633 bits per heavy atom. The second-order valence-corrected chi connectivity index (χ2v) is 15.4. The van der Waals surface area contributed by atoms with Crippen LogP contribution >= 0.6 is 7.82 Å². The lowest BCUT2D eigenvalue weighted by atomic mass is 10.1. The highest BCUT2D eigenvalue weighted by atomic mass is 31.2. The molecule has 0 N–H and O–H groups in total. The van der Waals surface area contributed by atoms with Crippen molar-refractivity contribution in [2.75, 3.05) is 47.5 Å². The van der Waals surface area contributed by atoms with Gasteiger partial charge in [0.1, 0.15) is 19.8 Å². The lowest BCUT2D eigenvalue weighted by Gasteiger charge is -2.28. The van der Waals surface area contributed by atoms with Crippen LogP contribution in [0.5, 0.6) is 0 Å². The number of esters is 2. The molecule has 0 heterocycles. The van der Waals surface area contributed by atoms with E-state index in [4.69, 9.17) is 18.5 Å². The zero-order chi connectivity index (χ0) is 36.5. The zero-order valence-corrected chi connectivity index (χ0v) is 32.8. The first-order valence-corrected chi connectivity index (χ1v) is 20.7. The lowest BCUT2D eigenvalue weighted by Crippen LogP contribution is -2.37. The maximum atomic E-state index is 12.5. The number of carbonyl (C=O) groups is 2. The first-order valence-electron chi connectivity index (χ1n) is 19.2. The standard InChI is InChI=1S/C39H72NO8P/c1-6-8-10-12-14-16-17-18-19-20-21-22-23-24-26-27-29-31-38(41)45-35-37(36-47-49(43,44)46-34-33-40(3,4)5)48-39(42)32-30-28-25-15-13-11-9-7-2/h18-19,21-22,24,26,37H,6-17,20,23,25,27-36H2,1-5H3/b19-18+,22-21+,26-24+/t37-/m0/s1. The predicted octanol–water partition coefficient (Wildman–Crippen LogP) is 9.55. The van der Waals surface area contributed by atoms with Crippen molar-refractivity contribution in [3.8, 4) is 0 Å². The van der Waals surface area contributed by atoms with Crippen LogP contribution in [-0.2, 0) is 32.7 Å². The minimum Gasteiger partial charge on any atom is -0.756 e. The monoisotopic (exact) mass is 713 g/mol. The van der Waals surface area contributed by atoms with E-state index in [-0.39, 0.29) is 26.1 Å². The Kier molecular flexibility index (Phi) is 31.0. The highest BCUT2D eigenvalue weighted by Crippen LogP contribution is 2.38. The van der Waals surface area contributed by atoms with Crippen molar-refractivity contribution < 1.29 is 42.1 Å². The fraction of sp³-hybridized carbons (Fsp3) is 0.795. The third-order valence-electron chi connectivity index (χ3n) is 7.91. The summed E-state index contributed by atoms with van der Waals surface area (Å²) in [5.41, 5.74) is 0. The van der Waals surface area contributed by atoms with Crippen LogP contribution in [0.1, 0.15) is 149 Å². The summed E-state index contributed by atoms with van der Waals surface area (Å²) in [6, 6.07) is 0. The first kappa shape index (κ1) is 47.2. The van der Waals surface area contributed by atoms with Gasteiger partial charge in [-0.25, -0.2) is 0 Å². The van der Waals surface area contributed by atoms with E-state index in [0.717, 1.165) is 44.9 Å². The number of phosphoric acid groups is 1. The van der Waals surface area contributed by atoms with E-state index >= 15 is 0 Å². The molecule has 49 heavy (non-hydrogen) atoms. The Labute approximate surface area is 300 Å². The fourth-order valence-electron chi connectivity index (χ4n) is 4.84. The largest absolute Gasteiger partial charge is 0.756 e. The second-order valence-electron chi connectivity index (χ2n) is 13.9. The number of allylic oxidation sites excluding steroid dienone is 6. The minimum absolute atomic E-state index is 0.0381. The summed E-state index contributed by atoms with van der Waals surface area (Å²) >= 11 is 0. The number of hydrogen-bond donors (Lipinski definition) is 0. The first-order chi connectivity index (χ1) is 23.5. The third-order valence-corrected chi connectivity index (χ3v) is 8.88. The van der Waals surface area contributed by atoms with Crippen LogP contribution in [0.25, 0.3) is 0 Å². The molecule has 0 radical (unpaired) electrons. The number of hydrogen-bond acceptors (Lipinski definition) is 8. The summed E-state index contributed by atoms with van der Waals surface area (Å²) in [6.45, 7) is 4.10. The molecule has 286 valence electrons. The SMILES string of the molecule is CCCCCCCC/C=C/C/C=C/C/C=C/CCCC(=O)OC[C@@H](COP(=O)([O-])OCC[N+](C)(C)C)OC(=O)CCCCCCCCCC. The van der Waals surface area contributed by atoms with Crippen molar-refractivity contribution in [2.45, 2.75) is 155 Å². The van der Waals surface area contributed by atoms with Crippen LogP contribution in [-0.4, -0.2) is 70.0 Å². The van der Waals surface area contributed by atoms with Gasteiger partial charge in [0.05, 0.1) is 27.7 Å². The Morgan fingerprint density at radius 3 is 1.69 bits per heavy atom. The van der Waals surface area contributed by atoms with E-state index in [1.165, 1.54) is 64.2 Å². The van der Waals surface area contributed by atoms with Crippen molar-refractivity contribution >= 4 is 19.8 Å². The summed E-state index contributed by atoms with van der Waals surface area (Å²) < 4.78 is 33.6. The minimum atomic E-state index is -4.62. The van der Waals surface area contributed by atoms with E-state index in [9.17, 15) is 19.0 Å². The molecule has 0 aromatic rings. The molecule has 0 saturated carbocycles. The van der Waals surface area contributed by atoms with Gasteiger partial charge in [0.25, 0.3) is 7.82 Å². The highest BCUT2D eigenvalue weighted by molar-refractivity contribution is 7.45. The number of nitrogens with zero attached hydrogens (tertiary/aromatic N) is 1. The number of unbranched alkanes of at least 4 members (excludes halogenated alkanes) is 14. The molecule has 0 aromatic carbocycles. The van der Waals surface area contributed by atoms with E-state index in [1.807, 2.05) is 21.1 Å². The van der Waals surface area contributed by atoms with Crippen molar-refractivity contribution in [2.24, 2.45) is 0 Å². The maximum absolute atomic E-state index is 12.5. The molecule has 0 aromatic heterocycles. The van der Waals surface area contributed by atoms with Gasteiger partial charge in [-0.1, -0.05) is 127 Å². The van der Waals surface area contributed by atoms with E-state index in [0.29, 0.717) is 23.9 Å². The Hall–Kier alpha value is -1.77. The Morgan fingerprint density at radius 2 is 1.12 bits per heavy atom. The van der Waals surface area contributed by atoms with Gasteiger partial charge in [0.15, 0.2) is 6.10 Å². The van der Waals surface area contributed by atoms with Crippen LogP contribution in [0, 0.1) is 0 Å². The van der Waals surface area contributed by atoms with Gasteiger partial charge in [-0.15, -0.1) is 0 Å². The molecule has 10 heteroatoms. The zero-order valence-electron chi connectivity index (χ0n) is 31.9. The Bertz CT molecular complexity index is 944. The number of likely N-dealkylation sites (N-methyl/N-ethyl adjacent to an activating group) is 1. The summed E-state index contributed by atoms with van der Waals surface area (Å²) in [5.74, 6) is -0.902. The van der Waals surface area contributed by atoms with E-state index in [1.54, 1.807) is 0 Å². The van der Waals surface area contributed by atoms with Crippen molar-refractivity contribution in [3.05, 3.63) is 36.5 Å². The number of quaternary nitrogens is 1. The van der Waals surface area contributed by atoms with Gasteiger partial charge in [-0.05, 0) is 44.9 Å². The molecule has 1 unspecified atom stereocenters. The van der Waals surface area contributed by atoms with Crippen LogP contribution in [0.4, 0.5) is 0 Å². The van der Waals surface area contributed by atoms with E-state index in [2.05, 4.69) is 50.3 Å². The van der Waals surface area contributed by atoms with Crippen molar-refractivity contribution in [1.29, 1.82) is 0 Å². The van der Waals surface area contributed by atoms with Gasteiger partial charge < -0.3 is 27.9 Å². The smallest absolute Gasteiger partial charge is 0.306 e. The second kappa shape index (κ2) is 32.2. The van der Waals surface area contributed by atoms with Gasteiger partial charge in [-0.3, -0.25) is 14.2 Å². The normalized spacial score (nSPS) is 14.2. The molecular formula is C39H72NO8P. The fourth-order valence-corrected chi connectivity index (χ4v) is 5.57. The van der Waals surface area contributed by atoms with Gasteiger partial charge in [0.2, 0.25) is 0 Å². The molecule has 0 fully saturated rings. The molecule has 0 bridgehead atoms. The van der Waals surface area contributed by atoms with Crippen molar-refractivity contribution in [3.63, 3.8) is 0 Å². The Balaban J connectivity index is 4.45. The molecule has 0 aliphatic rings. The van der Waals surface area contributed by atoms with Crippen LogP contribution < -0.4 is 4.89 Å². The predicted molar refractivity (Wildman–Crippen MR) is 199 cm³/mol. The topological polar surface area (TPSA) is 111 Å². The summed E-state index contributed by atoms with van der Waals surface area (Å²) in [5, 5.41) is 0. The molecule has 0 amide bonds. The molecule has 9 nitrogen and oxygen atoms in total. The van der Waals surface area contributed by atoms with Crippen LogP contribution in [0.3, 0.4) is 0 Å². The molecule has 0 saturated heterocycles. The van der Waals surface area contributed by atoms with Gasteiger partial charge in [-0.2, -0.15) is 0 Å². The van der Waals surface area contributed by atoms with Crippen LogP contribution in [0.2, 0.25) is 0 Å². The number of rotatable bonds is 34. The average Bonchev–Trinajstić information content (AvgIpc) is 3.04. The summed E-state index contributed by atoms with van der Waals surface area (Å²) in [6.07, 6.45) is 33.4. The highest BCUT2D eigenvalue weighted by Gasteiger charge is 2.21.